The Hall–Kier alpha value is -4.00. The van der Waals surface area contributed by atoms with Crippen molar-refractivity contribution in [1.82, 2.24) is 9.78 Å². The maximum atomic E-state index is 14.4. The summed E-state index contributed by atoms with van der Waals surface area (Å²) in [5, 5.41) is 7.58. The van der Waals surface area contributed by atoms with Crippen molar-refractivity contribution in [1.29, 1.82) is 0 Å². The van der Waals surface area contributed by atoms with Crippen molar-refractivity contribution in [3.05, 3.63) is 101 Å². The number of hydrogen-bond donors (Lipinski definition) is 1. The van der Waals surface area contributed by atoms with Gasteiger partial charge in [-0.3, -0.25) is 4.79 Å². The molecule has 7 heteroatoms. The first kappa shape index (κ1) is 23.2. The Morgan fingerprint density at radius 2 is 1.82 bits per heavy atom. The molecule has 1 amide bonds. The van der Waals surface area contributed by atoms with Gasteiger partial charge in [-0.1, -0.05) is 37.3 Å². The second-order valence-corrected chi connectivity index (χ2v) is 7.93. The van der Waals surface area contributed by atoms with Gasteiger partial charge in [0.15, 0.2) is 11.6 Å². The van der Waals surface area contributed by atoms with E-state index < -0.39 is 11.6 Å². The quantitative estimate of drug-likeness (QED) is 0.331. The van der Waals surface area contributed by atoms with E-state index in [1.165, 1.54) is 6.07 Å². The summed E-state index contributed by atoms with van der Waals surface area (Å²) in [6.45, 7) is 3.91. The average molecular weight is 462 g/mol. The van der Waals surface area contributed by atoms with Crippen LogP contribution >= 0.6 is 0 Å². The first-order valence-corrected chi connectivity index (χ1v) is 11.1. The number of para-hydroxylation sites is 1. The van der Waals surface area contributed by atoms with Gasteiger partial charge in [0.2, 0.25) is 11.8 Å². The van der Waals surface area contributed by atoms with Gasteiger partial charge < -0.3 is 10.1 Å². The molecular weight excluding hydrogens is 436 g/mol. The van der Waals surface area contributed by atoms with Crippen molar-refractivity contribution >= 4 is 11.6 Å². The molecule has 0 saturated heterocycles. The van der Waals surface area contributed by atoms with E-state index in [1.807, 2.05) is 68.4 Å². The first-order chi connectivity index (χ1) is 16.4. The topological polar surface area (TPSA) is 56.2 Å². The van der Waals surface area contributed by atoms with Gasteiger partial charge in [0, 0.05) is 23.7 Å². The molecule has 0 saturated carbocycles. The van der Waals surface area contributed by atoms with Gasteiger partial charge >= 0.3 is 0 Å². The number of carbonyl (C=O) groups is 1. The standard InChI is InChI=1S/C27H25F2N3O2/c1-3-24-22(13-15-26(33)30-20-9-7-8-18(2)16-20)27(32(31-24)21-10-5-4-6-11-21)34-25-14-12-19(28)17-23(25)29/h4-12,14,16-17H,3,13,15H2,1-2H3,(H,30,33). The van der Waals surface area contributed by atoms with Gasteiger partial charge in [-0.2, -0.15) is 5.10 Å². The van der Waals surface area contributed by atoms with Gasteiger partial charge in [0.25, 0.3) is 0 Å². The number of carbonyl (C=O) groups excluding carboxylic acids is 1. The second-order valence-electron chi connectivity index (χ2n) is 7.93. The van der Waals surface area contributed by atoms with E-state index >= 15 is 0 Å². The highest BCUT2D eigenvalue weighted by Gasteiger charge is 2.22. The lowest BCUT2D eigenvalue weighted by Crippen LogP contribution is -2.13. The molecule has 0 radical (unpaired) electrons. The Bertz CT molecular complexity index is 1300. The summed E-state index contributed by atoms with van der Waals surface area (Å²) in [7, 11) is 0. The lowest BCUT2D eigenvalue weighted by molar-refractivity contribution is -0.116. The fraction of sp³-hybridized carbons (Fsp3) is 0.185. The third-order valence-electron chi connectivity index (χ3n) is 5.36. The molecule has 0 atom stereocenters. The van der Waals surface area contributed by atoms with Crippen LogP contribution in [0.4, 0.5) is 14.5 Å². The van der Waals surface area contributed by atoms with Crippen molar-refractivity contribution in [2.24, 2.45) is 0 Å². The van der Waals surface area contributed by atoms with Crippen LogP contribution in [0.5, 0.6) is 11.6 Å². The normalized spacial score (nSPS) is 10.8. The SMILES string of the molecule is CCc1nn(-c2ccccc2)c(Oc2ccc(F)cc2F)c1CCC(=O)Nc1cccc(C)c1. The first-order valence-electron chi connectivity index (χ1n) is 11.1. The summed E-state index contributed by atoms with van der Waals surface area (Å²) in [5.41, 5.74) is 3.95. The molecule has 3 aromatic carbocycles. The summed E-state index contributed by atoms with van der Waals surface area (Å²) in [4.78, 5) is 12.7. The number of nitrogens with zero attached hydrogens (tertiary/aromatic N) is 2. The van der Waals surface area contributed by atoms with Gasteiger partial charge in [-0.25, -0.2) is 13.5 Å². The minimum atomic E-state index is -0.818. The number of hydrogen-bond acceptors (Lipinski definition) is 3. The number of amides is 1. The Kier molecular flexibility index (Phi) is 7.01. The predicted octanol–water partition coefficient (Wildman–Crippen LogP) is 6.38. The van der Waals surface area contributed by atoms with E-state index in [0.29, 0.717) is 24.3 Å². The predicted molar refractivity (Wildman–Crippen MR) is 128 cm³/mol. The van der Waals surface area contributed by atoms with Crippen LogP contribution in [0, 0.1) is 18.6 Å². The molecule has 34 heavy (non-hydrogen) atoms. The van der Waals surface area contributed by atoms with Crippen LogP contribution in [-0.2, 0) is 17.6 Å². The number of aryl methyl sites for hydroxylation is 2. The number of benzene rings is 3. The summed E-state index contributed by atoms with van der Waals surface area (Å²) in [6.07, 6.45) is 1.12. The van der Waals surface area contributed by atoms with Crippen LogP contribution in [0.1, 0.15) is 30.2 Å². The Morgan fingerprint density at radius 3 is 2.53 bits per heavy atom. The summed E-state index contributed by atoms with van der Waals surface area (Å²) in [6, 6.07) is 20.0. The highest BCUT2D eigenvalue weighted by molar-refractivity contribution is 5.90. The summed E-state index contributed by atoms with van der Waals surface area (Å²) >= 11 is 0. The molecule has 0 aliphatic rings. The van der Waals surface area contributed by atoms with Crippen LogP contribution in [0.2, 0.25) is 0 Å². The fourth-order valence-corrected chi connectivity index (χ4v) is 3.71. The molecule has 0 aliphatic heterocycles. The number of halogens is 2. The summed E-state index contributed by atoms with van der Waals surface area (Å²) in [5.74, 6) is -1.48. The minimum Gasteiger partial charge on any atom is -0.436 e. The van der Waals surface area contributed by atoms with Crippen molar-refractivity contribution in [3.8, 4) is 17.3 Å². The van der Waals surface area contributed by atoms with Crippen molar-refractivity contribution in [3.63, 3.8) is 0 Å². The van der Waals surface area contributed by atoms with E-state index in [-0.39, 0.29) is 18.1 Å². The van der Waals surface area contributed by atoms with E-state index in [0.717, 1.165) is 34.8 Å². The van der Waals surface area contributed by atoms with Crippen LogP contribution in [0.3, 0.4) is 0 Å². The largest absolute Gasteiger partial charge is 0.436 e. The molecule has 4 aromatic rings. The highest BCUT2D eigenvalue weighted by Crippen LogP contribution is 2.33. The Balaban J connectivity index is 1.66. The maximum absolute atomic E-state index is 14.4. The Labute approximate surface area is 197 Å². The van der Waals surface area contributed by atoms with Crippen molar-refractivity contribution in [2.45, 2.75) is 33.1 Å². The van der Waals surface area contributed by atoms with Crippen molar-refractivity contribution in [2.75, 3.05) is 5.32 Å². The molecule has 1 aromatic heterocycles. The Morgan fingerprint density at radius 1 is 1.03 bits per heavy atom. The minimum absolute atomic E-state index is 0.119. The molecule has 0 bridgehead atoms. The van der Waals surface area contributed by atoms with Gasteiger partial charge in [0.05, 0.1) is 11.4 Å². The zero-order valence-electron chi connectivity index (χ0n) is 19.0. The molecular formula is C27H25F2N3O2. The van der Waals surface area contributed by atoms with E-state index in [2.05, 4.69) is 10.4 Å². The lowest BCUT2D eigenvalue weighted by Gasteiger charge is -2.12. The van der Waals surface area contributed by atoms with E-state index in [4.69, 9.17) is 4.74 Å². The molecule has 174 valence electrons. The molecule has 0 aliphatic carbocycles. The van der Waals surface area contributed by atoms with Crippen LogP contribution < -0.4 is 10.1 Å². The average Bonchev–Trinajstić information content (AvgIpc) is 3.17. The van der Waals surface area contributed by atoms with Gasteiger partial charge in [-0.05, 0) is 61.7 Å². The molecule has 1 heterocycles. The fourth-order valence-electron chi connectivity index (χ4n) is 3.71. The zero-order valence-corrected chi connectivity index (χ0v) is 19.0. The number of nitrogens with one attached hydrogen (secondary N) is 1. The number of anilines is 1. The number of ether oxygens (including phenoxy) is 1. The molecule has 0 fully saturated rings. The third kappa shape index (κ3) is 5.31. The van der Waals surface area contributed by atoms with E-state index in [9.17, 15) is 13.6 Å². The second kappa shape index (κ2) is 10.3. The summed E-state index contributed by atoms with van der Waals surface area (Å²) < 4.78 is 35.4. The smallest absolute Gasteiger partial charge is 0.226 e. The number of aromatic nitrogens is 2. The number of rotatable bonds is 8. The molecule has 1 N–H and O–H groups in total. The van der Waals surface area contributed by atoms with Crippen LogP contribution in [0.15, 0.2) is 72.8 Å². The van der Waals surface area contributed by atoms with Gasteiger partial charge in [0.1, 0.15) is 5.82 Å². The van der Waals surface area contributed by atoms with Crippen LogP contribution in [0.25, 0.3) is 5.69 Å². The zero-order chi connectivity index (χ0) is 24.1. The molecule has 4 rings (SSSR count). The maximum Gasteiger partial charge on any atom is 0.226 e. The lowest BCUT2D eigenvalue weighted by atomic mass is 10.1. The van der Waals surface area contributed by atoms with Crippen molar-refractivity contribution < 1.29 is 18.3 Å². The molecule has 5 nitrogen and oxygen atoms in total. The van der Waals surface area contributed by atoms with E-state index in [1.54, 1.807) is 4.68 Å². The third-order valence-corrected chi connectivity index (χ3v) is 5.36. The monoisotopic (exact) mass is 461 g/mol. The molecule has 0 unspecified atom stereocenters. The van der Waals surface area contributed by atoms with Gasteiger partial charge in [-0.15, -0.1) is 0 Å². The van der Waals surface area contributed by atoms with Crippen LogP contribution in [-0.4, -0.2) is 15.7 Å². The highest BCUT2D eigenvalue weighted by atomic mass is 19.1. The molecule has 0 spiro atoms.